The lowest BCUT2D eigenvalue weighted by molar-refractivity contribution is -0.389. The lowest BCUT2D eigenvalue weighted by atomic mass is 10.3. The van der Waals surface area contributed by atoms with Crippen molar-refractivity contribution in [1.29, 1.82) is 0 Å². The van der Waals surface area contributed by atoms with Gasteiger partial charge in [0.25, 0.3) is 15.5 Å². The number of nitro groups is 1. The van der Waals surface area contributed by atoms with E-state index in [-0.39, 0.29) is 6.20 Å². The van der Waals surface area contributed by atoms with Gasteiger partial charge in [0.05, 0.1) is 4.92 Å². The Balaban J connectivity index is 3.82. The number of hydrogen-bond donors (Lipinski definition) is 0. The fourth-order valence-corrected chi connectivity index (χ4v) is 2.42. The van der Waals surface area contributed by atoms with E-state index in [4.69, 9.17) is 10.7 Å². The summed E-state index contributed by atoms with van der Waals surface area (Å²) in [6.07, 6.45) is -9.24. The minimum atomic E-state index is -5.58. The minimum absolute atomic E-state index is 0.00807. The van der Waals surface area contributed by atoms with Crippen molar-refractivity contribution in [1.82, 2.24) is 4.98 Å². The van der Waals surface area contributed by atoms with Gasteiger partial charge in [0.15, 0.2) is 4.90 Å². The average molecular weight is 357 g/mol. The molecule has 0 aromatic carbocycles. The van der Waals surface area contributed by atoms with Crippen molar-refractivity contribution < 1.29 is 40.0 Å². The van der Waals surface area contributed by atoms with Gasteiger partial charge in [0.2, 0.25) is 5.75 Å². The zero-order valence-corrected chi connectivity index (χ0v) is 10.8. The molecule has 0 aliphatic rings. The van der Waals surface area contributed by atoms with Crippen molar-refractivity contribution in [2.24, 2.45) is 0 Å². The zero-order valence-electron chi connectivity index (χ0n) is 9.27. The van der Waals surface area contributed by atoms with Crippen LogP contribution in [-0.4, -0.2) is 24.7 Å². The van der Waals surface area contributed by atoms with Gasteiger partial charge < -0.3 is 4.74 Å². The average Bonchev–Trinajstić information content (AvgIpc) is 2.23. The second kappa shape index (κ2) is 5.55. The van der Waals surface area contributed by atoms with Gasteiger partial charge >= 0.3 is 12.0 Å². The summed E-state index contributed by atoms with van der Waals surface area (Å²) in [6.45, 7) is 0. The van der Waals surface area contributed by atoms with Crippen LogP contribution in [0.15, 0.2) is 11.1 Å². The highest BCUT2D eigenvalue weighted by Gasteiger charge is 2.41. The summed E-state index contributed by atoms with van der Waals surface area (Å²) in [5.41, 5.74) is -3.29. The highest BCUT2D eigenvalue weighted by Crippen LogP contribution is 2.42. The molecule has 0 unspecified atom stereocenters. The maximum Gasteiger partial charge on any atom is 0.573 e. The maximum absolute atomic E-state index is 12.6. The SMILES string of the molecule is O=[N+]([O-])c1cnc(C(F)F)c(S(=O)(=O)Cl)c1OC(F)(F)F. The Hall–Kier alpha value is -1.76. The van der Waals surface area contributed by atoms with Gasteiger partial charge in [-0.2, -0.15) is 0 Å². The standard InChI is InChI=1S/C7H2ClF5N2O5S/c8-21(18,19)5-3(6(9)10)14-1-2(15(16)17)4(5)20-7(11,12)13/h1,6H. The van der Waals surface area contributed by atoms with Crippen LogP contribution >= 0.6 is 10.7 Å². The van der Waals surface area contributed by atoms with Crippen LogP contribution < -0.4 is 4.74 Å². The fraction of sp³-hybridized carbons (Fsp3) is 0.286. The molecule has 0 saturated heterocycles. The molecular formula is C7H2ClF5N2O5S. The van der Waals surface area contributed by atoms with E-state index in [0.717, 1.165) is 0 Å². The summed E-state index contributed by atoms with van der Waals surface area (Å²) in [7, 11) is -0.490. The molecule has 21 heavy (non-hydrogen) atoms. The number of rotatable bonds is 4. The molecular weight excluding hydrogens is 355 g/mol. The van der Waals surface area contributed by atoms with Crippen molar-refractivity contribution in [3.8, 4) is 5.75 Å². The van der Waals surface area contributed by atoms with E-state index in [2.05, 4.69) is 9.72 Å². The number of alkyl halides is 5. The summed E-state index contributed by atoms with van der Waals surface area (Å²) in [6, 6.07) is 0. The van der Waals surface area contributed by atoms with Crippen molar-refractivity contribution in [2.45, 2.75) is 17.7 Å². The number of halogens is 6. The third-order valence-electron chi connectivity index (χ3n) is 1.86. The van der Waals surface area contributed by atoms with Crippen LogP contribution in [0.4, 0.5) is 27.6 Å². The van der Waals surface area contributed by atoms with Gasteiger partial charge in [-0.25, -0.2) is 22.2 Å². The van der Waals surface area contributed by atoms with Crippen LogP contribution in [0.5, 0.6) is 5.75 Å². The first kappa shape index (κ1) is 17.3. The molecule has 14 heteroatoms. The Kier molecular flexibility index (Phi) is 4.57. The van der Waals surface area contributed by atoms with Crippen molar-refractivity contribution in [2.75, 3.05) is 0 Å². The predicted molar refractivity (Wildman–Crippen MR) is 55.6 cm³/mol. The van der Waals surface area contributed by atoms with E-state index in [1.807, 2.05) is 0 Å². The summed E-state index contributed by atoms with van der Waals surface area (Å²) in [5.74, 6) is -1.98. The van der Waals surface area contributed by atoms with Crippen LogP contribution in [0.3, 0.4) is 0 Å². The largest absolute Gasteiger partial charge is 0.573 e. The molecule has 0 aliphatic carbocycles. The molecule has 0 atom stereocenters. The van der Waals surface area contributed by atoms with E-state index >= 15 is 0 Å². The smallest absolute Gasteiger partial charge is 0.397 e. The fourth-order valence-electron chi connectivity index (χ4n) is 1.22. The first-order chi connectivity index (χ1) is 9.34. The number of ether oxygens (including phenoxy) is 1. The van der Waals surface area contributed by atoms with E-state index in [0.29, 0.717) is 0 Å². The lowest BCUT2D eigenvalue weighted by Gasteiger charge is -2.13. The van der Waals surface area contributed by atoms with Gasteiger partial charge in [-0.3, -0.25) is 10.1 Å². The number of aromatic nitrogens is 1. The van der Waals surface area contributed by atoms with E-state index < -0.39 is 48.8 Å². The molecule has 0 saturated carbocycles. The second-order valence-electron chi connectivity index (χ2n) is 3.23. The number of nitrogens with zero attached hydrogens (tertiary/aromatic N) is 2. The van der Waals surface area contributed by atoms with Crippen LogP contribution in [0, 0.1) is 10.1 Å². The molecule has 1 aromatic heterocycles. The van der Waals surface area contributed by atoms with Crippen molar-refractivity contribution in [3.05, 3.63) is 22.0 Å². The van der Waals surface area contributed by atoms with E-state index in [1.165, 1.54) is 0 Å². The Bertz CT molecular complexity index is 677. The van der Waals surface area contributed by atoms with Crippen LogP contribution in [0.25, 0.3) is 0 Å². The summed E-state index contributed by atoms with van der Waals surface area (Å²) < 4.78 is 87.3. The maximum atomic E-state index is 12.6. The predicted octanol–water partition coefficient (Wildman–Crippen LogP) is 2.75. The molecule has 7 nitrogen and oxygen atoms in total. The molecule has 118 valence electrons. The first-order valence-electron chi connectivity index (χ1n) is 4.50. The molecule has 0 aliphatic heterocycles. The second-order valence-corrected chi connectivity index (χ2v) is 5.73. The third kappa shape index (κ3) is 4.10. The van der Waals surface area contributed by atoms with Gasteiger partial charge in [-0.15, -0.1) is 13.2 Å². The van der Waals surface area contributed by atoms with Gasteiger partial charge in [-0.1, -0.05) is 0 Å². The monoisotopic (exact) mass is 356 g/mol. The summed E-state index contributed by atoms with van der Waals surface area (Å²) >= 11 is 0. The Labute approximate surface area is 116 Å². The van der Waals surface area contributed by atoms with E-state index in [1.54, 1.807) is 0 Å². The first-order valence-corrected chi connectivity index (χ1v) is 6.81. The third-order valence-corrected chi connectivity index (χ3v) is 3.21. The molecule has 0 radical (unpaired) electrons. The molecule has 1 aromatic rings. The molecule has 0 spiro atoms. The van der Waals surface area contributed by atoms with E-state index in [9.17, 15) is 40.5 Å². The summed E-state index contributed by atoms with van der Waals surface area (Å²) in [4.78, 5) is 9.91. The highest BCUT2D eigenvalue weighted by molar-refractivity contribution is 8.13. The molecule has 0 amide bonds. The number of hydrogen-bond acceptors (Lipinski definition) is 6. The van der Waals surface area contributed by atoms with Gasteiger partial charge in [0, 0.05) is 10.7 Å². The normalized spacial score (nSPS) is 12.5. The highest BCUT2D eigenvalue weighted by atomic mass is 35.7. The lowest BCUT2D eigenvalue weighted by Crippen LogP contribution is -2.20. The van der Waals surface area contributed by atoms with Crippen molar-refractivity contribution in [3.63, 3.8) is 0 Å². The quantitative estimate of drug-likeness (QED) is 0.356. The zero-order chi connectivity index (χ0) is 16.6. The summed E-state index contributed by atoms with van der Waals surface area (Å²) in [5, 5.41) is 10.6. The van der Waals surface area contributed by atoms with Gasteiger partial charge in [0.1, 0.15) is 11.9 Å². The Morgan fingerprint density at radius 2 is 1.90 bits per heavy atom. The molecule has 0 fully saturated rings. The topological polar surface area (TPSA) is 99.4 Å². The van der Waals surface area contributed by atoms with Crippen LogP contribution in [-0.2, 0) is 9.05 Å². The Morgan fingerprint density at radius 1 is 1.38 bits per heavy atom. The minimum Gasteiger partial charge on any atom is -0.397 e. The molecule has 0 bridgehead atoms. The molecule has 0 N–H and O–H groups in total. The van der Waals surface area contributed by atoms with Crippen LogP contribution in [0.1, 0.15) is 12.1 Å². The molecule has 1 rings (SSSR count). The number of pyridine rings is 1. The van der Waals surface area contributed by atoms with Crippen molar-refractivity contribution >= 4 is 25.4 Å². The molecule has 1 heterocycles. The van der Waals surface area contributed by atoms with Gasteiger partial charge in [-0.05, 0) is 0 Å². The Morgan fingerprint density at radius 3 is 2.24 bits per heavy atom. The van der Waals surface area contributed by atoms with Crippen LogP contribution in [0.2, 0.25) is 0 Å².